The molecule has 0 saturated carbocycles. The van der Waals surface area contributed by atoms with Crippen molar-refractivity contribution in [3.8, 4) is 11.1 Å². The summed E-state index contributed by atoms with van der Waals surface area (Å²) < 4.78 is 0. The predicted molar refractivity (Wildman–Crippen MR) is 122 cm³/mol. The van der Waals surface area contributed by atoms with E-state index >= 15 is 0 Å². The minimum absolute atomic E-state index is 0. The van der Waals surface area contributed by atoms with E-state index in [0.29, 0.717) is 5.92 Å². The van der Waals surface area contributed by atoms with Crippen molar-refractivity contribution in [3.63, 3.8) is 0 Å². The summed E-state index contributed by atoms with van der Waals surface area (Å²) in [5.74, 6) is 0.421. The summed E-state index contributed by atoms with van der Waals surface area (Å²) >= 11 is 0. The van der Waals surface area contributed by atoms with Crippen LogP contribution in [0.3, 0.4) is 0 Å². The van der Waals surface area contributed by atoms with Gasteiger partial charge in [0.1, 0.15) is 0 Å². The van der Waals surface area contributed by atoms with Gasteiger partial charge < -0.3 is 0 Å². The molecule has 0 spiro atoms. The fourth-order valence-corrected chi connectivity index (χ4v) is 5.01. The molecule has 0 saturated heterocycles. The number of benzene rings is 2. The minimum Gasteiger partial charge on any atom is -0.147 e. The Hall–Kier alpha value is -1.05. The summed E-state index contributed by atoms with van der Waals surface area (Å²) in [6, 6.07) is 18.0. The fourth-order valence-electron chi connectivity index (χ4n) is 5.01. The number of allylic oxidation sites excluding steroid dienone is 5. The average molecular weight is 447 g/mol. The van der Waals surface area contributed by atoms with Gasteiger partial charge in [0, 0.05) is 33.1 Å². The molecule has 28 heavy (non-hydrogen) atoms. The van der Waals surface area contributed by atoms with Gasteiger partial charge in [0.2, 0.25) is 0 Å². The van der Waals surface area contributed by atoms with Crippen molar-refractivity contribution in [3.05, 3.63) is 95.6 Å². The monoisotopic (exact) mass is 446 g/mol. The topological polar surface area (TPSA) is 0 Å². The second kappa shape index (κ2) is 10.1. The van der Waals surface area contributed by atoms with E-state index in [1.54, 1.807) is 5.57 Å². The van der Waals surface area contributed by atoms with Gasteiger partial charge in [0.25, 0.3) is 0 Å². The molecule has 0 amide bonds. The van der Waals surface area contributed by atoms with Crippen LogP contribution in [0.5, 0.6) is 0 Å². The van der Waals surface area contributed by atoms with Gasteiger partial charge in [-0.15, -0.1) is 31.4 Å². The molecule has 0 aliphatic heterocycles. The summed E-state index contributed by atoms with van der Waals surface area (Å²) in [4.78, 5) is 0. The van der Waals surface area contributed by atoms with Crippen LogP contribution in [-0.2, 0) is 21.7 Å². The normalized spacial score (nSPS) is 16.2. The van der Waals surface area contributed by atoms with Crippen LogP contribution in [0, 0.1) is 5.41 Å². The summed E-state index contributed by atoms with van der Waals surface area (Å²) in [6.07, 6.45) is 9.97. The van der Waals surface area contributed by atoms with E-state index in [-0.39, 0.29) is 51.9 Å². The third-order valence-electron chi connectivity index (χ3n) is 6.19. The third-order valence-corrected chi connectivity index (χ3v) is 6.19. The zero-order valence-electron chi connectivity index (χ0n) is 16.6. The smallest absolute Gasteiger partial charge is 0.0193 e. The molecule has 1 atom stereocenters. The van der Waals surface area contributed by atoms with E-state index in [2.05, 4.69) is 87.2 Å². The average Bonchev–Trinajstić information content (AvgIpc) is 3.22. The fraction of sp³-hybridized carbons (Fsp3) is 0.280. The first-order valence-electron chi connectivity index (χ1n) is 9.32. The number of fused-ring (bicyclic) bond motifs is 3. The Bertz CT molecular complexity index is 851. The maximum Gasteiger partial charge on any atom is 0.0193 e. The van der Waals surface area contributed by atoms with Crippen molar-refractivity contribution in [2.45, 2.75) is 39.0 Å². The Kier molecular flexibility index (Phi) is 9.04. The number of halogens is 2. The van der Waals surface area contributed by atoms with Crippen molar-refractivity contribution in [2.75, 3.05) is 0 Å². The van der Waals surface area contributed by atoms with Crippen LogP contribution in [0.15, 0.2) is 84.5 Å². The van der Waals surface area contributed by atoms with Crippen LogP contribution < -0.4 is 0 Å². The zero-order chi connectivity index (χ0) is 17.4. The number of hydrogen-bond donors (Lipinski definition) is 0. The molecular weight excluding hydrogens is 419 g/mol. The number of rotatable bonds is 5. The molecule has 0 nitrogen and oxygen atoms in total. The first-order valence-corrected chi connectivity index (χ1v) is 9.32. The molecule has 2 aliphatic carbocycles. The summed E-state index contributed by atoms with van der Waals surface area (Å²) in [5, 5.41) is 0. The van der Waals surface area contributed by atoms with Crippen molar-refractivity contribution < 1.29 is 21.7 Å². The van der Waals surface area contributed by atoms with E-state index in [0.717, 1.165) is 19.3 Å². The molecule has 2 aromatic rings. The molecule has 0 radical (unpaired) electrons. The Morgan fingerprint density at radius 2 is 1.54 bits per heavy atom. The van der Waals surface area contributed by atoms with Crippen LogP contribution in [0.1, 0.15) is 50.2 Å². The Labute approximate surface area is 196 Å². The molecular formula is C25H28Cl2Ti. The van der Waals surface area contributed by atoms with E-state index < -0.39 is 0 Å². The molecule has 0 aromatic heterocycles. The molecule has 146 valence electrons. The van der Waals surface area contributed by atoms with Gasteiger partial charge >= 0.3 is 0 Å². The third kappa shape index (κ3) is 3.98. The van der Waals surface area contributed by atoms with Crippen molar-refractivity contribution >= 4 is 24.8 Å². The molecule has 2 aliphatic rings. The second-order valence-electron chi connectivity index (χ2n) is 7.62. The van der Waals surface area contributed by atoms with Gasteiger partial charge in [-0.25, -0.2) is 0 Å². The summed E-state index contributed by atoms with van der Waals surface area (Å²) in [6.45, 7) is 8.75. The molecule has 2 aromatic carbocycles. The van der Waals surface area contributed by atoms with Crippen LogP contribution in [0.25, 0.3) is 11.1 Å². The van der Waals surface area contributed by atoms with Gasteiger partial charge in [0.05, 0.1) is 0 Å². The van der Waals surface area contributed by atoms with E-state index in [4.69, 9.17) is 0 Å². The van der Waals surface area contributed by atoms with Crippen molar-refractivity contribution in [2.24, 2.45) is 5.41 Å². The summed E-state index contributed by atoms with van der Waals surface area (Å²) in [5.41, 5.74) is 8.98. The largest absolute Gasteiger partial charge is 0.147 e. The van der Waals surface area contributed by atoms with Gasteiger partial charge in [-0.3, -0.25) is 0 Å². The van der Waals surface area contributed by atoms with Gasteiger partial charge in [0.15, 0.2) is 0 Å². The van der Waals surface area contributed by atoms with Crippen LogP contribution in [-0.4, -0.2) is 0 Å². The van der Waals surface area contributed by atoms with Gasteiger partial charge in [-0.2, -0.15) is 0 Å². The van der Waals surface area contributed by atoms with E-state index in [9.17, 15) is 0 Å². The molecule has 0 N–H and O–H groups in total. The predicted octanol–water partition coefficient (Wildman–Crippen LogP) is 7.89. The minimum atomic E-state index is 0. The van der Waals surface area contributed by atoms with Crippen LogP contribution in [0.2, 0.25) is 0 Å². The molecule has 0 fully saturated rings. The van der Waals surface area contributed by atoms with Crippen LogP contribution in [0.4, 0.5) is 0 Å². The molecule has 1 unspecified atom stereocenters. The quantitative estimate of drug-likeness (QED) is 0.323. The Balaban J connectivity index is 0.00000131. The zero-order valence-corrected chi connectivity index (χ0v) is 19.8. The summed E-state index contributed by atoms with van der Waals surface area (Å²) in [7, 11) is 0. The van der Waals surface area contributed by atoms with Crippen LogP contribution >= 0.6 is 24.8 Å². The van der Waals surface area contributed by atoms with Gasteiger partial charge in [-0.05, 0) is 48.4 Å². The van der Waals surface area contributed by atoms with E-state index in [1.807, 2.05) is 0 Å². The second-order valence-corrected chi connectivity index (χ2v) is 7.62. The standard InChI is InChI=1S/C25H26.2ClH.Ti/c1-4-5-17-25(3,23-16-10-11-18(23)2)24-21-14-8-6-12-19(21)20-13-7-9-15-22(20)24;;;/h4,6-15,24H,1,5,16-17H2,2-3H3;2*1H;. The SMILES string of the molecule is C=CCCC(C)(C1=C(C)C=CC1)C1c2ccccc2-c2ccccc21.Cl.Cl.[Ti]. The Morgan fingerprint density at radius 1 is 1.00 bits per heavy atom. The first-order chi connectivity index (χ1) is 12.2. The first kappa shape index (κ1) is 25.0. The van der Waals surface area contributed by atoms with Crippen molar-refractivity contribution in [1.82, 2.24) is 0 Å². The molecule has 0 bridgehead atoms. The van der Waals surface area contributed by atoms with Gasteiger partial charge in [-0.1, -0.05) is 84.8 Å². The molecule has 0 heterocycles. The maximum absolute atomic E-state index is 3.99. The molecule has 3 heteroatoms. The maximum atomic E-state index is 3.99. The van der Waals surface area contributed by atoms with Crippen molar-refractivity contribution in [1.29, 1.82) is 0 Å². The number of hydrogen-bond acceptors (Lipinski definition) is 0. The molecule has 4 rings (SSSR count). The van der Waals surface area contributed by atoms with E-state index in [1.165, 1.54) is 27.8 Å². The Morgan fingerprint density at radius 3 is 2.00 bits per heavy atom.